The van der Waals surface area contributed by atoms with E-state index in [1.54, 1.807) is 0 Å². The van der Waals surface area contributed by atoms with E-state index in [4.69, 9.17) is 0 Å². The molecule has 2 aliphatic heterocycles. The van der Waals surface area contributed by atoms with E-state index in [-0.39, 0.29) is 5.56 Å². The van der Waals surface area contributed by atoms with E-state index in [1.165, 1.54) is 11.1 Å². The molecule has 0 saturated carbocycles. The minimum Gasteiger partial charge on any atom is -0.373 e. The zero-order valence-corrected chi connectivity index (χ0v) is 16.0. The quantitative estimate of drug-likeness (QED) is 0.912. The number of hydrogen-bond acceptors (Lipinski definition) is 4. The zero-order valence-electron chi connectivity index (χ0n) is 16.0. The summed E-state index contributed by atoms with van der Waals surface area (Å²) in [6.45, 7) is 5.84. The monoisotopic (exact) mass is 362 g/mol. The van der Waals surface area contributed by atoms with Crippen molar-refractivity contribution >= 4 is 11.0 Å². The number of fused-ring (bicyclic) bond motifs is 1. The van der Waals surface area contributed by atoms with Crippen molar-refractivity contribution in [2.24, 2.45) is 0 Å². The summed E-state index contributed by atoms with van der Waals surface area (Å²) in [7, 11) is 2.16. The van der Waals surface area contributed by atoms with Crippen molar-refractivity contribution in [3.8, 4) is 0 Å². The van der Waals surface area contributed by atoms with Gasteiger partial charge in [0.15, 0.2) is 0 Å². The van der Waals surface area contributed by atoms with Gasteiger partial charge in [0.05, 0.1) is 11.0 Å². The molecule has 0 spiro atoms. The summed E-state index contributed by atoms with van der Waals surface area (Å²) >= 11 is 0. The first-order chi connectivity index (χ1) is 13.1. The second kappa shape index (κ2) is 7.53. The van der Waals surface area contributed by atoms with Crippen LogP contribution < -0.4 is 5.56 Å². The van der Waals surface area contributed by atoms with E-state index < -0.39 is 0 Å². The summed E-state index contributed by atoms with van der Waals surface area (Å²) in [5.41, 5.74) is 6.41. The van der Waals surface area contributed by atoms with Crippen LogP contribution in [0.2, 0.25) is 0 Å². The molecule has 4 rings (SSSR count). The van der Waals surface area contributed by atoms with Crippen LogP contribution in [0.5, 0.6) is 0 Å². The van der Waals surface area contributed by atoms with Crippen LogP contribution in [0, 0.1) is 0 Å². The largest absolute Gasteiger partial charge is 0.373 e. The lowest BCUT2D eigenvalue weighted by atomic mass is 9.99. The third-order valence-electron chi connectivity index (χ3n) is 5.34. The number of hydrogen-bond donors (Lipinski definition) is 1. The van der Waals surface area contributed by atoms with Gasteiger partial charge < -0.3 is 9.88 Å². The summed E-state index contributed by atoms with van der Waals surface area (Å²) < 4.78 is 0. The van der Waals surface area contributed by atoms with Gasteiger partial charge in [0.2, 0.25) is 0 Å². The molecule has 5 heteroatoms. The lowest BCUT2D eigenvalue weighted by molar-refractivity contribution is 0.360. The van der Waals surface area contributed by atoms with Crippen molar-refractivity contribution in [1.82, 2.24) is 19.8 Å². The molecular weight excluding hydrogens is 336 g/mol. The number of aryl methyl sites for hydroxylation is 1. The maximum Gasteiger partial charge on any atom is 0.251 e. The highest BCUT2D eigenvalue weighted by Crippen LogP contribution is 2.22. The highest BCUT2D eigenvalue weighted by molar-refractivity contribution is 5.74. The molecule has 2 aliphatic rings. The molecule has 5 nitrogen and oxygen atoms in total. The van der Waals surface area contributed by atoms with E-state index in [9.17, 15) is 4.79 Å². The number of nitrogens with one attached hydrogen (secondary N) is 1. The Bertz CT molecular complexity index is 999. The molecule has 0 fully saturated rings. The van der Waals surface area contributed by atoms with Crippen molar-refractivity contribution in [2.75, 3.05) is 26.7 Å². The molecular formula is C22H26N4O. The Hall–Kier alpha value is -2.66. The molecule has 0 aliphatic carbocycles. The van der Waals surface area contributed by atoms with Gasteiger partial charge >= 0.3 is 0 Å². The van der Waals surface area contributed by atoms with Gasteiger partial charge in [-0.3, -0.25) is 14.7 Å². The number of pyridine rings is 2. The third-order valence-corrected chi connectivity index (χ3v) is 5.34. The van der Waals surface area contributed by atoms with Crippen LogP contribution in [0.1, 0.15) is 24.5 Å². The molecule has 4 heterocycles. The van der Waals surface area contributed by atoms with Gasteiger partial charge in [-0.15, -0.1) is 0 Å². The number of aromatic nitrogens is 2. The molecule has 2 aromatic heterocycles. The van der Waals surface area contributed by atoms with Gasteiger partial charge in [-0.1, -0.05) is 19.1 Å². The van der Waals surface area contributed by atoms with Crippen LogP contribution in [0.4, 0.5) is 0 Å². The molecule has 0 atom stereocenters. The second-order valence-corrected chi connectivity index (χ2v) is 7.44. The number of aromatic amines is 1. The number of likely N-dealkylation sites (N-methyl/N-ethyl adjacent to an activating group) is 1. The Morgan fingerprint density at radius 1 is 1.22 bits per heavy atom. The molecule has 0 amide bonds. The first kappa shape index (κ1) is 17.7. The molecule has 0 bridgehead atoms. The fourth-order valence-electron chi connectivity index (χ4n) is 3.76. The van der Waals surface area contributed by atoms with Crippen molar-refractivity contribution in [3.05, 3.63) is 75.4 Å². The van der Waals surface area contributed by atoms with E-state index in [0.717, 1.165) is 61.2 Å². The lowest BCUT2D eigenvalue weighted by Gasteiger charge is -2.28. The van der Waals surface area contributed by atoms with E-state index >= 15 is 0 Å². The van der Waals surface area contributed by atoms with Crippen molar-refractivity contribution in [2.45, 2.75) is 26.3 Å². The number of H-pyrrole nitrogens is 1. The smallest absolute Gasteiger partial charge is 0.251 e. The molecule has 2 aromatic rings. The molecule has 0 radical (unpaired) electrons. The van der Waals surface area contributed by atoms with Crippen molar-refractivity contribution in [1.29, 1.82) is 0 Å². The van der Waals surface area contributed by atoms with Gasteiger partial charge in [-0.2, -0.15) is 0 Å². The predicted molar refractivity (Wildman–Crippen MR) is 110 cm³/mol. The number of rotatable bonds is 3. The topological polar surface area (TPSA) is 52.2 Å². The Balaban J connectivity index is 1.51. The molecule has 0 saturated heterocycles. The van der Waals surface area contributed by atoms with Gasteiger partial charge in [-0.25, -0.2) is 0 Å². The predicted octanol–water partition coefficient (Wildman–Crippen LogP) is 3.00. The van der Waals surface area contributed by atoms with Crippen LogP contribution in [-0.2, 0) is 13.0 Å². The highest BCUT2D eigenvalue weighted by atomic mass is 16.1. The van der Waals surface area contributed by atoms with Crippen LogP contribution in [0.3, 0.4) is 0 Å². The first-order valence-electron chi connectivity index (χ1n) is 9.62. The van der Waals surface area contributed by atoms with Crippen molar-refractivity contribution < 1.29 is 0 Å². The van der Waals surface area contributed by atoms with Crippen LogP contribution in [0.15, 0.2) is 58.7 Å². The van der Waals surface area contributed by atoms with Crippen LogP contribution in [0.25, 0.3) is 11.0 Å². The average molecular weight is 362 g/mol. The van der Waals surface area contributed by atoms with Gasteiger partial charge in [0.25, 0.3) is 5.56 Å². The van der Waals surface area contributed by atoms with Gasteiger partial charge in [-0.05, 0) is 61.0 Å². The summed E-state index contributed by atoms with van der Waals surface area (Å²) in [5.74, 6) is 0. The van der Waals surface area contributed by atoms with Crippen LogP contribution >= 0.6 is 0 Å². The first-order valence-corrected chi connectivity index (χ1v) is 9.62. The summed E-state index contributed by atoms with van der Waals surface area (Å²) in [4.78, 5) is 24.2. The fraction of sp³-hybridized carbons (Fsp3) is 0.364. The molecule has 1 N–H and O–H groups in total. The minimum atomic E-state index is -0.0106. The molecule has 27 heavy (non-hydrogen) atoms. The number of nitrogens with zero attached hydrogens (tertiary/aromatic N) is 3. The SMILES string of the molecule is CCc1cc2ncc(CN3C=CC(=C4C=CCN(C)C4)CC3)cc2[nH]c1=O. The minimum absolute atomic E-state index is 0.0106. The standard InChI is InChI=1S/C22H26N4O/c1-3-17-12-20-21(24-22(17)27)11-16(13-23-20)14-26-9-6-18(7-10-26)19-5-4-8-25(2)15-19/h4-6,9,11-13H,3,7-8,10,14-15H2,1-2H3,(H,24,27). The summed E-state index contributed by atoms with van der Waals surface area (Å²) in [5, 5.41) is 0. The Kier molecular flexibility index (Phi) is 4.94. The maximum atomic E-state index is 12.1. The normalized spacial score (nSPS) is 20.6. The lowest BCUT2D eigenvalue weighted by Crippen LogP contribution is -2.26. The molecule has 140 valence electrons. The van der Waals surface area contributed by atoms with Crippen LogP contribution in [-0.4, -0.2) is 46.4 Å². The summed E-state index contributed by atoms with van der Waals surface area (Å²) in [6.07, 6.45) is 12.6. The maximum absolute atomic E-state index is 12.1. The Labute approximate surface area is 159 Å². The van der Waals surface area contributed by atoms with Crippen molar-refractivity contribution in [3.63, 3.8) is 0 Å². The fourth-order valence-corrected chi connectivity index (χ4v) is 3.76. The average Bonchev–Trinajstić information content (AvgIpc) is 2.68. The van der Waals surface area contributed by atoms with E-state index in [2.05, 4.69) is 51.2 Å². The number of allylic oxidation sites excluding steroid dienone is 1. The second-order valence-electron chi connectivity index (χ2n) is 7.44. The third kappa shape index (κ3) is 3.88. The van der Waals surface area contributed by atoms with Gasteiger partial charge in [0.1, 0.15) is 0 Å². The van der Waals surface area contributed by atoms with Gasteiger partial charge in [0, 0.05) is 37.9 Å². The summed E-state index contributed by atoms with van der Waals surface area (Å²) in [6, 6.07) is 3.94. The zero-order chi connectivity index (χ0) is 18.8. The molecule has 0 aromatic carbocycles. The van der Waals surface area contributed by atoms with E-state index in [1.807, 2.05) is 25.3 Å². The highest BCUT2D eigenvalue weighted by Gasteiger charge is 2.14. The Morgan fingerprint density at radius 2 is 2.11 bits per heavy atom. The Morgan fingerprint density at radius 3 is 2.85 bits per heavy atom. The van der Waals surface area contributed by atoms with E-state index in [0.29, 0.717) is 0 Å². The molecule has 0 unspecified atom stereocenters.